The van der Waals surface area contributed by atoms with E-state index >= 15 is 0 Å². The Morgan fingerprint density at radius 2 is 1.59 bits per heavy atom. The average Bonchev–Trinajstić information content (AvgIpc) is 2.94. The van der Waals surface area contributed by atoms with E-state index in [-0.39, 0.29) is 40.9 Å². The Kier molecular flexibility index (Phi) is 6.27. The minimum Gasteiger partial charge on any atom is -0.347 e. The molecule has 1 aromatic heterocycles. The van der Waals surface area contributed by atoms with Crippen LogP contribution in [0.4, 0.5) is 8.78 Å². The molecule has 0 unspecified atom stereocenters. The molecule has 3 rings (SSSR count). The molecule has 1 heterocycles. The molecule has 0 saturated heterocycles. The third-order valence-electron chi connectivity index (χ3n) is 4.70. The van der Waals surface area contributed by atoms with Crippen molar-refractivity contribution in [2.24, 2.45) is 5.92 Å². The number of halogens is 2. The van der Waals surface area contributed by atoms with E-state index in [4.69, 9.17) is 0 Å². The third kappa shape index (κ3) is 4.79. The minimum atomic E-state index is -0.368. The lowest BCUT2D eigenvalue weighted by atomic mass is 9.96. The Morgan fingerprint density at radius 3 is 2.14 bits per heavy atom. The van der Waals surface area contributed by atoms with Crippen molar-refractivity contribution in [1.82, 2.24) is 9.88 Å². The molecule has 0 bridgehead atoms. The molecule has 0 fully saturated rings. The van der Waals surface area contributed by atoms with Gasteiger partial charge in [-0.15, -0.1) is 0 Å². The van der Waals surface area contributed by atoms with E-state index < -0.39 is 0 Å². The number of carbonyl (C=O) groups is 1. The number of nitrogens with one attached hydrogen (secondary N) is 1. The quantitative estimate of drug-likeness (QED) is 0.635. The van der Waals surface area contributed by atoms with E-state index in [2.05, 4.69) is 5.32 Å². The monoisotopic (exact) mass is 416 g/mol. The van der Waals surface area contributed by atoms with Crippen molar-refractivity contribution < 1.29 is 13.6 Å². The highest BCUT2D eigenvalue weighted by atomic mass is 32.1. The summed E-state index contributed by atoms with van der Waals surface area (Å²) < 4.78 is 27.9. The molecule has 29 heavy (non-hydrogen) atoms. The molecule has 0 radical (unpaired) electrons. The molecular weight excluding hydrogens is 394 g/mol. The summed E-state index contributed by atoms with van der Waals surface area (Å²) in [5, 5.41) is 2.95. The number of aryl methyl sites for hydroxylation is 1. The zero-order valence-corrected chi connectivity index (χ0v) is 17.2. The van der Waals surface area contributed by atoms with Crippen LogP contribution < -0.4 is 10.2 Å². The highest BCUT2D eigenvalue weighted by Gasteiger charge is 2.21. The molecule has 3 aromatic rings. The largest absolute Gasteiger partial charge is 0.347 e. The molecule has 1 N–H and O–H groups in total. The fourth-order valence-corrected chi connectivity index (χ4v) is 4.15. The van der Waals surface area contributed by atoms with Crippen molar-refractivity contribution in [2.75, 3.05) is 0 Å². The number of thiazole rings is 1. The maximum absolute atomic E-state index is 13.3. The van der Waals surface area contributed by atoms with Crippen LogP contribution in [0.1, 0.15) is 30.3 Å². The Labute approximate surface area is 171 Å². The van der Waals surface area contributed by atoms with E-state index in [9.17, 15) is 18.4 Å². The number of hydrogen-bond donors (Lipinski definition) is 1. The first-order chi connectivity index (χ1) is 13.8. The molecule has 0 saturated carbocycles. The highest BCUT2D eigenvalue weighted by Crippen LogP contribution is 2.26. The first-order valence-electron chi connectivity index (χ1n) is 9.27. The van der Waals surface area contributed by atoms with Gasteiger partial charge in [0.05, 0.1) is 11.7 Å². The summed E-state index contributed by atoms with van der Waals surface area (Å²) in [5.74, 6) is -0.961. The fraction of sp³-hybridized carbons (Fsp3) is 0.273. The highest BCUT2D eigenvalue weighted by molar-refractivity contribution is 7.09. The molecule has 0 aliphatic rings. The lowest BCUT2D eigenvalue weighted by Crippen LogP contribution is -2.36. The van der Waals surface area contributed by atoms with Gasteiger partial charge in [-0.2, -0.15) is 0 Å². The number of benzene rings is 2. The topological polar surface area (TPSA) is 51.1 Å². The minimum absolute atomic E-state index is 0.0712. The van der Waals surface area contributed by atoms with Gasteiger partial charge in [0.15, 0.2) is 0 Å². The lowest BCUT2D eigenvalue weighted by Gasteiger charge is -2.23. The Balaban J connectivity index is 1.86. The summed E-state index contributed by atoms with van der Waals surface area (Å²) >= 11 is 1.05. The van der Waals surface area contributed by atoms with Crippen LogP contribution in [0.2, 0.25) is 0 Å². The van der Waals surface area contributed by atoms with Crippen LogP contribution in [0, 0.1) is 24.5 Å². The van der Waals surface area contributed by atoms with Gasteiger partial charge in [0.25, 0.3) is 0 Å². The standard InChI is InChI=1S/C22H22F2N2O2S/c1-13(2)20(15-4-8-17(23)9-5-15)25-19(27)12-26-21(14(3)29-22(26)28)16-6-10-18(24)11-7-16/h4-11,13,20H,12H2,1-3H3,(H,25,27)/t20-/m0/s1. The smallest absolute Gasteiger partial charge is 0.308 e. The summed E-state index contributed by atoms with van der Waals surface area (Å²) in [7, 11) is 0. The zero-order chi connectivity index (χ0) is 21.1. The second-order valence-corrected chi connectivity index (χ2v) is 8.37. The Morgan fingerprint density at radius 1 is 1.03 bits per heavy atom. The molecular formula is C22H22F2N2O2S. The predicted molar refractivity (Wildman–Crippen MR) is 111 cm³/mol. The van der Waals surface area contributed by atoms with Crippen molar-refractivity contribution in [3.63, 3.8) is 0 Å². The van der Waals surface area contributed by atoms with Crippen LogP contribution in [0.3, 0.4) is 0 Å². The summed E-state index contributed by atoms with van der Waals surface area (Å²) in [6, 6.07) is 11.5. The van der Waals surface area contributed by atoms with Crippen LogP contribution in [0.5, 0.6) is 0 Å². The van der Waals surface area contributed by atoms with Gasteiger partial charge in [0, 0.05) is 4.88 Å². The second kappa shape index (κ2) is 8.69. The first-order valence-corrected chi connectivity index (χ1v) is 10.1. The van der Waals surface area contributed by atoms with Gasteiger partial charge in [-0.25, -0.2) is 8.78 Å². The van der Waals surface area contributed by atoms with Crippen LogP contribution in [-0.2, 0) is 11.3 Å². The lowest BCUT2D eigenvalue weighted by molar-refractivity contribution is -0.122. The van der Waals surface area contributed by atoms with E-state index in [1.54, 1.807) is 31.2 Å². The normalized spacial score (nSPS) is 12.2. The van der Waals surface area contributed by atoms with Crippen molar-refractivity contribution in [2.45, 2.75) is 33.4 Å². The third-order valence-corrected chi connectivity index (χ3v) is 5.59. The number of aromatic nitrogens is 1. The second-order valence-electron chi connectivity index (χ2n) is 7.21. The Bertz CT molecular complexity index is 1050. The first kappa shape index (κ1) is 20.9. The van der Waals surface area contributed by atoms with Gasteiger partial charge >= 0.3 is 4.87 Å². The van der Waals surface area contributed by atoms with Crippen molar-refractivity contribution in [1.29, 1.82) is 0 Å². The number of amides is 1. The van der Waals surface area contributed by atoms with Gasteiger partial charge in [-0.05, 0) is 60.4 Å². The predicted octanol–water partition coefficient (Wildman–Crippen LogP) is 4.68. The molecule has 7 heteroatoms. The summed E-state index contributed by atoms with van der Waals surface area (Å²) in [5.41, 5.74) is 2.08. The maximum atomic E-state index is 13.3. The molecule has 152 valence electrons. The summed E-state index contributed by atoms with van der Waals surface area (Å²) in [6.07, 6.45) is 0. The molecule has 1 atom stereocenters. The van der Waals surface area contributed by atoms with Gasteiger partial charge in [0.1, 0.15) is 18.2 Å². The van der Waals surface area contributed by atoms with Crippen molar-refractivity contribution in [3.8, 4) is 11.3 Å². The van der Waals surface area contributed by atoms with Gasteiger partial charge in [-0.3, -0.25) is 14.2 Å². The fourth-order valence-electron chi connectivity index (χ4n) is 3.29. The molecule has 0 aliphatic heterocycles. The summed E-state index contributed by atoms with van der Waals surface area (Å²) in [6.45, 7) is 5.56. The number of carbonyl (C=O) groups excluding carboxylic acids is 1. The molecule has 4 nitrogen and oxygen atoms in total. The van der Waals surface area contributed by atoms with E-state index in [1.807, 2.05) is 13.8 Å². The van der Waals surface area contributed by atoms with Crippen molar-refractivity contribution >= 4 is 17.2 Å². The summed E-state index contributed by atoms with van der Waals surface area (Å²) in [4.78, 5) is 25.7. The maximum Gasteiger partial charge on any atom is 0.308 e. The van der Waals surface area contributed by atoms with Crippen LogP contribution >= 0.6 is 11.3 Å². The average molecular weight is 416 g/mol. The number of nitrogens with zero attached hydrogens (tertiary/aromatic N) is 1. The molecule has 0 spiro atoms. The van der Waals surface area contributed by atoms with Crippen LogP contribution in [0.25, 0.3) is 11.3 Å². The van der Waals surface area contributed by atoms with Gasteiger partial charge in [-0.1, -0.05) is 37.3 Å². The van der Waals surface area contributed by atoms with E-state index in [0.29, 0.717) is 11.3 Å². The molecule has 1 amide bonds. The van der Waals surface area contributed by atoms with E-state index in [1.165, 1.54) is 28.8 Å². The van der Waals surface area contributed by atoms with Gasteiger partial charge < -0.3 is 5.32 Å². The SMILES string of the molecule is Cc1sc(=O)n(CC(=O)N[C@H](c2ccc(F)cc2)C(C)C)c1-c1ccc(F)cc1. The Hall–Kier alpha value is -2.80. The number of rotatable bonds is 6. The van der Waals surface area contributed by atoms with Gasteiger partial charge in [0.2, 0.25) is 5.91 Å². The van der Waals surface area contributed by atoms with E-state index in [0.717, 1.165) is 21.8 Å². The van der Waals surface area contributed by atoms with Crippen LogP contribution in [0.15, 0.2) is 53.3 Å². The zero-order valence-electron chi connectivity index (χ0n) is 16.4. The van der Waals surface area contributed by atoms with Crippen molar-refractivity contribution in [3.05, 3.63) is 80.3 Å². The molecule has 2 aromatic carbocycles. The number of hydrogen-bond acceptors (Lipinski definition) is 3. The van der Waals surface area contributed by atoms with Crippen LogP contribution in [-0.4, -0.2) is 10.5 Å². The molecule has 0 aliphatic carbocycles.